The summed E-state index contributed by atoms with van der Waals surface area (Å²) in [5.74, 6) is -0.196. The van der Waals surface area contributed by atoms with Crippen molar-refractivity contribution in [3.8, 4) is 11.5 Å². The van der Waals surface area contributed by atoms with Gasteiger partial charge >= 0.3 is 5.91 Å². The van der Waals surface area contributed by atoms with Crippen LogP contribution in [0.15, 0.2) is 66.2 Å². The third-order valence-corrected chi connectivity index (χ3v) is 7.89. The fourth-order valence-corrected chi connectivity index (χ4v) is 6.09. The van der Waals surface area contributed by atoms with Gasteiger partial charge in [0.25, 0.3) is 5.78 Å². The van der Waals surface area contributed by atoms with E-state index in [-0.39, 0.29) is 17.4 Å². The molecule has 0 unspecified atom stereocenters. The molecule has 1 fully saturated rings. The minimum absolute atomic E-state index is 0.0417. The van der Waals surface area contributed by atoms with Crippen molar-refractivity contribution in [2.45, 2.75) is 39.3 Å². The maximum Gasteiger partial charge on any atom is 0.301 e. The van der Waals surface area contributed by atoms with Crippen LogP contribution in [0.2, 0.25) is 0 Å². The molecule has 3 heterocycles. The van der Waals surface area contributed by atoms with Gasteiger partial charge in [-0.3, -0.25) is 14.5 Å². The molecule has 2 aliphatic heterocycles. The van der Waals surface area contributed by atoms with Crippen LogP contribution in [0.25, 0.3) is 16.0 Å². The molecule has 38 heavy (non-hydrogen) atoms. The number of Topliss-reactive ketones (excluding diaryl/α,β-unsaturated/α-hetero) is 1. The first-order valence-electron chi connectivity index (χ1n) is 12.5. The average Bonchev–Trinajstić information content (AvgIpc) is 3.56. The van der Waals surface area contributed by atoms with Gasteiger partial charge in [0, 0.05) is 12.0 Å². The normalized spacial score (nSPS) is 20.1. The molecule has 0 bridgehead atoms. The zero-order valence-corrected chi connectivity index (χ0v) is 22.0. The van der Waals surface area contributed by atoms with Gasteiger partial charge < -0.3 is 14.6 Å². The number of nitrogens with zero attached hydrogens (tertiary/aromatic N) is 2. The van der Waals surface area contributed by atoms with E-state index in [0.29, 0.717) is 40.6 Å². The van der Waals surface area contributed by atoms with Gasteiger partial charge in [-0.05, 0) is 68.3 Å². The SMILES string of the molecule is CCOc1ccc2nc(N3C(=O)C(=O)C(=C(O)c4ccc5c(c4)C[C@H](C)O5)[C@H]3c3ccc(C)cc3)sc2c1. The molecule has 0 aliphatic carbocycles. The van der Waals surface area contributed by atoms with Crippen LogP contribution in [0.3, 0.4) is 0 Å². The van der Waals surface area contributed by atoms with Gasteiger partial charge in [0.2, 0.25) is 0 Å². The Kier molecular flexibility index (Phi) is 5.91. The zero-order chi connectivity index (χ0) is 26.6. The summed E-state index contributed by atoms with van der Waals surface area (Å²) >= 11 is 1.31. The van der Waals surface area contributed by atoms with Gasteiger partial charge in [0.05, 0.1) is 28.4 Å². The van der Waals surface area contributed by atoms with Crippen LogP contribution in [0.5, 0.6) is 11.5 Å². The fraction of sp³-hybridized carbons (Fsp3) is 0.233. The largest absolute Gasteiger partial charge is 0.507 e. The van der Waals surface area contributed by atoms with Crippen LogP contribution in [-0.4, -0.2) is 34.5 Å². The molecular formula is C30H26N2O5S. The maximum absolute atomic E-state index is 13.5. The topological polar surface area (TPSA) is 89.0 Å². The number of rotatable bonds is 5. The van der Waals surface area contributed by atoms with E-state index in [9.17, 15) is 14.7 Å². The number of amides is 1. The van der Waals surface area contributed by atoms with Crippen LogP contribution in [0.1, 0.15) is 42.1 Å². The van der Waals surface area contributed by atoms with Gasteiger partial charge in [-0.25, -0.2) is 4.98 Å². The van der Waals surface area contributed by atoms with Crippen molar-refractivity contribution in [1.29, 1.82) is 0 Å². The fourth-order valence-electron chi connectivity index (χ4n) is 5.07. The molecule has 0 saturated carbocycles. The molecule has 2 atom stereocenters. The summed E-state index contributed by atoms with van der Waals surface area (Å²) in [5, 5.41) is 11.9. The lowest BCUT2D eigenvalue weighted by atomic mass is 9.94. The Morgan fingerprint density at radius 1 is 1.13 bits per heavy atom. The number of hydrogen-bond donors (Lipinski definition) is 1. The molecule has 1 aromatic heterocycles. The zero-order valence-electron chi connectivity index (χ0n) is 21.2. The highest BCUT2D eigenvalue weighted by Gasteiger charge is 2.48. The number of aliphatic hydroxyl groups is 1. The summed E-state index contributed by atoms with van der Waals surface area (Å²) in [6, 6.07) is 17.7. The number of carbonyl (C=O) groups excluding carboxylic acids is 2. The van der Waals surface area contributed by atoms with Crippen LogP contribution >= 0.6 is 11.3 Å². The Bertz CT molecular complexity index is 1620. The highest BCUT2D eigenvalue weighted by molar-refractivity contribution is 7.22. The minimum atomic E-state index is -0.828. The molecule has 8 heteroatoms. The molecule has 7 nitrogen and oxygen atoms in total. The second kappa shape index (κ2) is 9.29. The third kappa shape index (κ3) is 4.01. The maximum atomic E-state index is 13.5. The molecule has 1 N–H and O–H groups in total. The monoisotopic (exact) mass is 526 g/mol. The van der Waals surface area contributed by atoms with Crippen LogP contribution < -0.4 is 14.4 Å². The number of carbonyl (C=O) groups is 2. The summed E-state index contributed by atoms with van der Waals surface area (Å²) < 4.78 is 12.2. The molecule has 1 amide bonds. The Balaban J connectivity index is 1.50. The number of fused-ring (bicyclic) bond motifs is 2. The standard InChI is InChI=1S/C30H26N2O5S/c1-4-36-21-10-11-22-24(15-21)38-30(31-22)32-26(18-7-5-16(2)6-8-18)25(28(34)29(32)35)27(33)19-9-12-23-20(14-19)13-17(3)37-23/h5-12,14-15,17,26,33H,4,13H2,1-3H3/t17-,26+/m0/s1. The quantitative estimate of drug-likeness (QED) is 0.196. The van der Waals surface area contributed by atoms with Crippen molar-refractivity contribution >= 4 is 44.1 Å². The van der Waals surface area contributed by atoms with Gasteiger partial charge in [-0.1, -0.05) is 41.2 Å². The molecule has 0 spiro atoms. The summed E-state index contributed by atoms with van der Waals surface area (Å²) in [6.45, 7) is 6.40. The Morgan fingerprint density at radius 2 is 1.92 bits per heavy atom. The first kappa shape index (κ1) is 24.2. The van der Waals surface area contributed by atoms with Crippen LogP contribution in [0.4, 0.5) is 5.13 Å². The van der Waals surface area contributed by atoms with Gasteiger partial charge in [0.15, 0.2) is 5.13 Å². The number of hydrogen-bond acceptors (Lipinski definition) is 7. The van der Waals surface area contributed by atoms with Crippen molar-refractivity contribution in [3.05, 3.63) is 88.5 Å². The highest BCUT2D eigenvalue weighted by atomic mass is 32.1. The summed E-state index contributed by atoms with van der Waals surface area (Å²) in [6.07, 6.45) is 0.754. The number of aryl methyl sites for hydroxylation is 1. The summed E-state index contributed by atoms with van der Waals surface area (Å²) in [7, 11) is 0. The van der Waals surface area contributed by atoms with Gasteiger partial charge in [-0.15, -0.1) is 0 Å². The number of benzene rings is 3. The third-order valence-electron chi connectivity index (χ3n) is 6.87. The van der Waals surface area contributed by atoms with Crippen molar-refractivity contribution in [2.75, 3.05) is 11.5 Å². The van der Waals surface area contributed by atoms with E-state index < -0.39 is 17.7 Å². The van der Waals surface area contributed by atoms with E-state index in [4.69, 9.17) is 14.5 Å². The lowest BCUT2D eigenvalue weighted by molar-refractivity contribution is -0.132. The Labute approximate surface area is 224 Å². The first-order chi connectivity index (χ1) is 18.3. The first-order valence-corrected chi connectivity index (χ1v) is 13.4. The van der Waals surface area contributed by atoms with Crippen molar-refractivity contribution in [2.24, 2.45) is 0 Å². The highest BCUT2D eigenvalue weighted by Crippen LogP contribution is 2.45. The smallest absolute Gasteiger partial charge is 0.301 e. The molecule has 2 aliphatic rings. The van der Waals surface area contributed by atoms with Crippen molar-refractivity contribution in [1.82, 2.24) is 4.98 Å². The number of aromatic nitrogens is 1. The Morgan fingerprint density at radius 3 is 2.68 bits per heavy atom. The number of ketones is 1. The predicted octanol–water partition coefficient (Wildman–Crippen LogP) is 5.95. The van der Waals surface area contributed by atoms with E-state index in [0.717, 1.165) is 21.6 Å². The lowest BCUT2D eigenvalue weighted by Crippen LogP contribution is -2.29. The van der Waals surface area contributed by atoms with Gasteiger partial charge in [0.1, 0.15) is 23.4 Å². The summed E-state index contributed by atoms with van der Waals surface area (Å²) in [5.41, 5.74) is 3.93. The molecule has 3 aromatic carbocycles. The molecule has 6 rings (SSSR count). The molecule has 4 aromatic rings. The second-order valence-corrected chi connectivity index (χ2v) is 10.6. The van der Waals surface area contributed by atoms with Crippen LogP contribution in [0, 0.1) is 6.92 Å². The number of thiazole rings is 1. The van der Waals surface area contributed by atoms with E-state index in [1.165, 1.54) is 16.2 Å². The van der Waals surface area contributed by atoms with Gasteiger partial charge in [-0.2, -0.15) is 0 Å². The molecular weight excluding hydrogens is 500 g/mol. The number of anilines is 1. The van der Waals surface area contributed by atoms with E-state index in [2.05, 4.69) is 0 Å². The predicted molar refractivity (Wildman–Crippen MR) is 147 cm³/mol. The van der Waals surface area contributed by atoms with E-state index >= 15 is 0 Å². The second-order valence-electron chi connectivity index (χ2n) is 9.59. The minimum Gasteiger partial charge on any atom is -0.507 e. The lowest BCUT2D eigenvalue weighted by Gasteiger charge is -2.23. The summed E-state index contributed by atoms with van der Waals surface area (Å²) in [4.78, 5) is 33.1. The average molecular weight is 527 g/mol. The number of ether oxygens (including phenoxy) is 2. The molecule has 1 saturated heterocycles. The van der Waals surface area contributed by atoms with Crippen LogP contribution in [-0.2, 0) is 16.0 Å². The van der Waals surface area contributed by atoms with E-state index in [1.807, 2.05) is 69.3 Å². The van der Waals surface area contributed by atoms with Crippen molar-refractivity contribution in [3.63, 3.8) is 0 Å². The number of aliphatic hydroxyl groups excluding tert-OH is 1. The van der Waals surface area contributed by atoms with E-state index in [1.54, 1.807) is 12.1 Å². The molecule has 0 radical (unpaired) electrons. The van der Waals surface area contributed by atoms with Crippen molar-refractivity contribution < 1.29 is 24.2 Å². The molecule has 192 valence electrons. The Hall–Kier alpha value is -4.17.